The van der Waals surface area contributed by atoms with Gasteiger partial charge in [-0.1, -0.05) is 19.3 Å². The number of nitrogens with one attached hydrogen (secondary N) is 2. The van der Waals surface area contributed by atoms with Crippen LogP contribution < -0.4 is 10.6 Å². The Balaban J connectivity index is 1.84. The van der Waals surface area contributed by atoms with E-state index in [2.05, 4.69) is 10.6 Å². The van der Waals surface area contributed by atoms with Gasteiger partial charge in [0, 0.05) is 12.5 Å². The van der Waals surface area contributed by atoms with Gasteiger partial charge in [-0.05, 0) is 25.7 Å². The van der Waals surface area contributed by atoms with Crippen molar-refractivity contribution in [1.29, 1.82) is 0 Å². The zero-order valence-corrected chi connectivity index (χ0v) is 9.63. The van der Waals surface area contributed by atoms with E-state index in [0.717, 1.165) is 32.1 Å². The summed E-state index contributed by atoms with van der Waals surface area (Å²) in [6.07, 6.45) is 7.81. The summed E-state index contributed by atoms with van der Waals surface area (Å²) in [6, 6.07) is 0.0447. The van der Waals surface area contributed by atoms with Gasteiger partial charge in [0.1, 0.15) is 6.04 Å². The van der Waals surface area contributed by atoms with E-state index in [9.17, 15) is 9.59 Å². The molecule has 1 atom stereocenters. The highest BCUT2D eigenvalue weighted by atomic mass is 16.2. The minimum absolute atomic E-state index is 0.0159. The molecule has 2 rings (SSSR count). The number of hydrogen-bond donors (Lipinski definition) is 2. The van der Waals surface area contributed by atoms with Crippen LogP contribution in [0.1, 0.15) is 51.4 Å². The first-order valence-electron chi connectivity index (χ1n) is 6.35. The highest BCUT2D eigenvalue weighted by Gasteiger charge is 2.25. The van der Waals surface area contributed by atoms with Crippen LogP contribution in [0.25, 0.3) is 0 Å². The summed E-state index contributed by atoms with van der Waals surface area (Å²) in [5, 5.41) is 5.84. The third-order valence-electron chi connectivity index (χ3n) is 3.50. The molecule has 1 saturated heterocycles. The lowest BCUT2D eigenvalue weighted by atomic mass is 10.1. The van der Waals surface area contributed by atoms with E-state index in [1.807, 2.05) is 0 Å². The molecule has 1 unspecified atom stereocenters. The van der Waals surface area contributed by atoms with Crippen LogP contribution in [0.5, 0.6) is 0 Å². The first-order chi connectivity index (χ1) is 7.75. The second-order valence-electron chi connectivity index (χ2n) is 4.86. The molecule has 2 aliphatic rings. The molecule has 0 aromatic rings. The van der Waals surface area contributed by atoms with Gasteiger partial charge in [-0.3, -0.25) is 9.59 Å². The Hall–Kier alpha value is -1.06. The van der Waals surface area contributed by atoms with Crippen molar-refractivity contribution >= 4 is 11.8 Å². The molecule has 0 aromatic carbocycles. The maximum atomic E-state index is 11.9. The smallest absolute Gasteiger partial charge is 0.242 e. The standard InChI is InChI=1S/C12H20N2O2/c15-11-8-4-3-7-10(14-11)12(16)13-9-5-1-2-6-9/h9-10H,1-8H2,(H,13,16)(H,14,15). The van der Waals surface area contributed by atoms with Crippen LogP contribution in [-0.4, -0.2) is 23.9 Å². The van der Waals surface area contributed by atoms with Gasteiger partial charge in [-0.25, -0.2) is 0 Å². The number of hydrogen-bond acceptors (Lipinski definition) is 2. The Labute approximate surface area is 96.2 Å². The zero-order chi connectivity index (χ0) is 11.4. The molecular weight excluding hydrogens is 204 g/mol. The molecule has 90 valence electrons. The summed E-state index contributed by atoms with van der Waals surface area (Å²) in [6.45, 7) is 0. The van der Waals surface area contributed by atoms with E-state index < -0.39 is 0 Å². The van der Waals surface area contributed by atoms with Crippen LogP contribution in [0.4, 0.5) is 0 Å². The lowest BCUT2D eigenvalue weighted by Gasteiger charge is -2.19. The molecular formula is C12H20N2O2. The zero-order valence-electron chi connectivity index (χ0n) is 9.63. The SMILES string of the molecule is O=C1CCCCC(C(=O)NC2CCCC2)N1. The summed E-state index contributed by atoms with van der Waals surface area (Å²) < 4.78 is 0. The highest BCUT2D eigenvalue weighted by molar-refractivity contribution is 5.88. The summed E-state index contributed by atoms with van der Waals surface area (Å²) in [4.78, 5) is 23.3. The third-order valence-corrected chi connectivity index (χ3v) is 3.50. The maximum Gasteiger partial charge on any atom is 0.242 e. The molecule has 1 saturated carbocycles. The van der Waals surface area contributed by atoms with E-state index in [-0.39, 0.29) is 17.9 Å². The Kier molecular flexibility index (Phi) is 3.80. The van der Waals surface area contributed by atoms with Crippen LogP contribution in [0, 0.1) is 0 Å². The molecule has 0 radical (unpaired) electrons. The second-order valence-corrected chi connectivity index (χ2v) is 4.86. The summed E-state index contributed by atoms with van der Waals surface area (Å²) in [5.74, 6) is 0.0335. The predicted octanol–water partition coefficient (Wildman–Crippen LogP) is 1.10. The maximum absolute atomic E-state index is 11.9. The first-order valence-corrected chi connectivity index (χ1v) is 6.35. The Morgan fingerprint density at radius 2 is 1.81 bits per heavy atom. The summed E-state index contributed by atoms with van der Waals surface area (Å²) in [7, 11) is 0. The molecule has 0 aromatic heterocycles. The Bertz CT molecular complexity index is 272. The van der Waals surface area contributed by atoms with Crippen LogP contribution in [0.15, 0.2) is 0 Å². The lowest BCUT2D eigenvalue weighted by molar-refractivity contribution is -0.128. The summed E-state index contributed by atoms with van der Waals surface area (Å²) in [5.41, 5.74) is 0. The fourth-order valence-corrected chi connectivity index (χ4v) is 2.54. The van der Waals surface area contributed by atoms with Gasteiger partial charge in [0.25, 0.3) is 0 Å². The number of carbonyl (C=O) groups excluding carboxylic acids is 2. The molecule has 2 N–H and O–H groups in total. The Morgan fingerprint density at radius 1 is 1.12 bits per heavy atom. The highest BCUT2D eigenvalue weighted by Crippen LogP contribution is 2.18. The van der Waals surface area contributed by atoms with Gasteiger partial charge >= 0.3 is 0 Å². The van der Waals surface area contributed by atoms with Crippen molar-refractivity contribution < 1.29 is 9.59 Å². The molecule has 1 aliphatic heterocycles. The van der Waals surface area contributed by atoms with Crippen molar-refractivity contribution in [2.75, 3.05) is 0 Å². The van der Waals surface area contributed by atoms with Crippen molar-refractivity contribution in [3.8, 4) is 0 Å². The van der Waals surface area contributed by atoms with Gasteiger partial charge in [0.05, 0.1) is 0 Å². The van der Waals surface area contributed by atoms with Crippen molar-refractivity contribution in [3.05, 3.63) is 0 Å². The normalized spacial score (nSPS) is 27.2. The van der Waals surface area contributed by atoms with E-state index in [1.165, 1.54) is 12.8 Å². The van der Waals surface area contributed by atoms with Crippen molar-refractivity contribution in [2.24, 2.45) is 0 Å². The molecule has 0 bridgehead atoms. The quantitative estimate of drug-likeness (QED) is 0.738. The fraction of sp³-hybridized carbons (Fsp3) is 0.833. The lowest BCUT2D eigenvalue weighted by Crippen LogP contribution is -2.48. The van der Waals surface area contributed by atoms with E-state index in [1.54, 1.807) is 0 Å². The molecule has 1 heterocycles. The third kappa shape index (κ3) is 2.97. The van der Waals surface area contributed by atoms with Gasteiger partial charge < -0.3 is 10.6 Å². The van der Waals surface area contributed by atoms with E-state index >= 15 is 0 Å². The largest absolute Gasteiger partial charge is 0.352 e. The van der Waals surface area contributed by atoms with Crippen molar-refractivity contribution in [3.63, 3.8) is 0 Å². The molecule has 1 aliphatic carbocycles. The number of carbonyl (C=O) groups is 2. The molecule has 4 heteroatoms. The topological polar surface area (TPSA) is 58.2 Å². The van der Waals surface area contributed by atoms with Crippen LogP contribution in [0.3, 0.4) is 0 Å². The molecule has 0 spiro atoms. The minimum Gasteiger partial charge on any atom is -0.352 e. The monoisotopic (exact) mass is 224 g/mol. The van der Waals surface area contributed by atoms with Crippen LogP contribution in [0.2, 0.25) is 0 Å². The van der Waals surface area contributed by atoms with Gasteiger partial charge in [-0.2, -0.15) is 0 Å². The first kappa shape index (κ1) is 11.4. The van der Waals surface area contributed by atoms with Gasteiger partial charge in [0.15, 0.2) is 0 Å². The van der Waals surface area contributed by atoms with Crippen molar-refractivity contribution in [1.82, 2.24) is 10.6 Å². The Morgan fingerprint density at radius 3 is 2.56 bits per heavy atom. The molecule has 2 amide bonds. The summed E-state index contributed by atoms with van der Waals surface area (Å²) >= 11 is 0. The van der Waals surface area contributed by atoms with Gasteiger partial charge in [-0.15, -0.1) is 0 Å². The molecule has 4 nitrogen and oxygen atoms in total. The molecule has 16 heavy (non-hydrogen) atoms. The van der Waals surface area contributed by atoms with Gasteiger partial charge in [0.2, 0.25) is 11.8 Å². The minimum atomic E-state index is -0.296. The van der Waals surface area contributed by atoms with Crippen molar-refractivity contribution in [2.45, 2.75) is 63.5 Å². The predicted molar refractivity (Wildman–Crippen MR) is 60.8 cm³/mol. The second kappa shape index (κ2) is 5.32. The average Bonchev–Trinajstić information content (AvgIpc) is 2.65. The number of rotatable bonds is 2. The molecule has 2 fully saturated rings. The van der Waals surface area contributed by atoms with E-state index in [0.29, 0.717) is 12.5 Å². The average molecular weight is 224 g/mol. The number of amides is 2. The van der Waals surface area contributed by atoms with Crippen LogP contribution in [-0.2, 0) is 9.59 Å². The van der Waals surface area contributed by atoms with E-state index in [4.69, 9.17) is 0 Å². The van der Waals surface area contributed by atoms with Crippen LogP contribution >= 0.6 is 0 Å². The fourth-order valence-electron chi connectivity index (χ4n) is 2.54.